The van der Waals surface area contributed by atoms with E-state index in [1.54, 1.807) is 7.05 Å². The summed E-state index contributed by atoms with van der Waals surface area (Å²) in [5.74, 6) is -0.208. The molecule has 0 bridgehead atoms. The van der Waals surface area contributed by atoms with Crippen molar-refractivity contribution in [3.05, 3.63) is 64.8 Å². The number of pyridine rings is 1. The molecular formula is C22H25F3N4O3. The highest BCUT2D eigenvalue weighted by atomic mass is 19.4. The maximum Gasteiger partial charge on any atom is 0.433 e. The molecule has 3 rings (SSSR count). The molecule has 7 nitrogen and oxygen atoms in total. The Kier molecular flexibility index (Phi) is 7.02. The van der Waals surface area contributed by atoms with Crippen LogP contribution in [-0.4, -0.2) is 40.9 Å². The van der Waals surface area contributed by atoms with E-state index in [4.69, 9.17) is 10.1 Å². The van der Waals surface area contributed by atoms with Crippen LogP contribution in [0.15, 0.2) is 53.6 Å². The fraction of sp³-hybridized carbons (Fsp3) is 0.409. The van der Waals surface area contributed by atoms with Gasteiger partial charge < -0.3 is 25.9 Å². The van der Waals surface area contributed by atoms with Gasteiger partial charge in [0.25, 0.3) is 5.91 Å². The standard InChI is InChI=1S/C22H25F3N4O3/c1-27-18(20(31)29-21(9-11-30)7-3-8-21)16-12-15(5-6-17(16)26)32-13-14-4-2-10-28-19(14)22(23,24)25/h2,4-6,10,12,26-27,30H,3,7-9,11,13H2,1H3,(H,29,31)/b18-16-,26-17?. The SMILES string of the molecule is CN/C(C(=O)NC1(CCO)CCC1)=C1/C=C(OCc2cccnc2C(F)(F)F)C=CC1=N. The number of likely N-dealkylation sites (N-methyl/N-ethyl adjacent to an activating group) is 1. The maximum atomic E-state index is 13.1. The summed E-state index contributed by atoms with van der Waals surface area (Å²) in [6.45, 7) is -0.420. The molecule has 0 radical (unpaired) electrons. The number of rotatable bonds is 8. The minimum Gasteiger partial charge on any atom is -0.489 e. The first-order valence-electron chi connectivity index (χ1n) is 10.2. The second-order valence-electron chi connectivity index (χ2n) is 7.69. The Morgan fingerprint density at radius 2 is 2.09 bits per heavy atom. The molecule has 1 fully saturated rings. The van der Waals surface area contributed by atoms with Crippen molar-refractivity contribution >= 4 is 11.6 Å². The quantitative estimate of drug-likeness (QED) is 0.456. The minimum atomic E-state index is -4.60. The summed E-state index contributed by atoms with van der Waals surface area (Å²) in [4.78, 5) is 16.3. The second-order valence-corrected chi connectivity index (χ2v) is 7.69. The highest BCUT2D eigenvalue weighted by Gasteiger charge is 2.39. The number of amides is 1. The van der Waals surface area contributed by atoms with Gasteiger partial charge in [0.15, 0.2) is 5.69 Å². The Balaban J connectivity index is 1.80. The van der Waals surface area contributed by atoms with Crippen molar-refractivity contribution in [3.63, 3.8) is 0 Å². The molecular weight excluding hydrogens is 425 g/mol. The lowest BCUT2D eigenvalue weighted by atomic mass is 9.74. The van der Waals surface area contributed by atoms with Crippen molar-refractivity contribution in [2.45, 2.75) is 44.0 Å². The molecule has 0 aromatic carbocycles. The normalized spacial score (nSPS) is 19.0. The maximum absolute atomic E-state index is 13.1. The molecule has 2 aliphatic rings. The Morgan fingerprint density at radius 1 is 1.34 bits per heavy atom. The fourth-order valence-electron chi connectivity index (χ4n) is 3.72. The number of alkyl halides is 3. The van der Waals surface area contributed by atoms with Crippen LogP contribution in [0.2, 0.25) is 0 Å². The van der Waals surface area contributed by atoms with Gasteiger partial charge in [0.2, 0.25) is 0 Å². The van der Waals surface area contributed by atoms with Crippen LogP contribution in [0.5, 0.6) is 0 Å². The van der Waals surface area contributed by atoms with Gasteiger partial charge in [0.1, 0.15) is 18.1 Å². The van der Waals surface area contributed by atoms with E-state index in [1.165, 1.54) is 30.4 Å². The van der Waals surface area contributed by atoms with Gasteiger partial charge in [0.05, 0.1) is 5.71 Å². The van der Waals surface area contributed by atoms with Gasteiger partial charge in [-0.3, -0.25) is 9.78 Å². The largest absolute Gasteiger partial charge is 0.489 e. The number of halogens is 3. The Labute approximate surface area is 183 Å². The summed E-state index contributed by atoms with van der Waals surface area (Å²) in [6.07, 6.45) is 3.70. The summed E-state index contributed by atoms with van der Waals surface area (Å²) in [5.41, 5.74) is -1.15. The third-order valence-corrected chi connectivity index (χ3v) is 5.57. The van der Waals surface area contributed by atoms with Gasteiger partial charge in [-0.25, -0.2) is 0 Å². The number of nitrogens with one attached hydrogen (secondary N) is 3. The monoisotopic (exact) mass is 450 g/mol. The first kappa shape index (κ1) is 23.5. The van der Waals surface area contributed by atoms with E-state index in [-0.39, 0.29) is 41.5 Å². The van der Waals surface area contributed by atoms with E-state index in [0.29, 0.717) is 6.42 Å². The van der Waals surface area contributed by atoms with E-state index in [0.717, 1.165) is 25.5 Å². The fourth-order valence-corrected chi connectivity index (χ4v) is 3.72. The van der Waals surface area contributed by atoms with Crippen LogP contribution in [0.4, 0.5) is 13.2 Å². The van der Waals surface area contributed by atoms with Gasteiger partial charge in [-0.05, 0) is 50.0 Å². The molecule has 0 saturated heterocycles. The van der Waals surface area contributed by atoms with E-state index in [9.17, 15) is 23.1 Å². The van der Waals surface area contributed by atoms with Crippen LogP contribution >= 0.6 is 0 Å². The lowest BCUT2D eigenvalue weighted by Gasteiger charge is -2.42. The molecule has 2 aliphatic carbocycles. The summed E-state index contributed by atoms with van der Waals surface area (Å²) in [6, 6.07) is 2.68. The molecule has 1 amide bonds. The van der Waals surface area contributed by atoms with E-state index < -0.39 is 23.3 Å². The number of nitrogens with zero attached hydrogens (tertiary/aromatic N) is 1. The van der Waals surface area contributed by atoms with Crippen LogP contribution in [0.3, 0.4) is 0 Å². The molecule has 1 heterocycles. The molecule has 0 atom stereocenters. The van der Waals surface area contributed by atoms with Crippen LogP contribution in [-0.2, 0) is 22.3 Å². The molecule has 0 spiro atoms. The zero-order valence-electron chi connectivity index (χ0n) is 17.6. The van der Waals surface area contributed by atoms with Crippen molar-refractivity contribution in [2.75, 3.05) is 13.7 Å². The molecule has 10 heteroatoms. The Morgan fingerprint density at radius 3 is 2.69 bits per heavy atom. The van der Waals surface area contributed by atoms with Crippen molar-refractivity contribution in [3.8, 4) is 0 Å². The van der Waals surface area contributed by atoms with Crippen LogP contribution < -0.4 is 10.6 Å². The Hall–Kier alpha value is -3.14. The number of aliphatic hydroxyl groups excluding tert-OH is 1. The van der Waals surface area contributed by atoms with Crippen molar-refractivity contribution in [2.24, 2.45) is 0 Å². The van der Waals surface area contributed by atoms with Crippen molar-refractivity contribution in [1.29, 1.82) is 5.41 Å². The zero-order chi connectivity index (χ0) is 23.4. The number of hydrogen-bond acceptors (Lipinski definition) is 6. The third kappa shape index (κ3) is 5.18. The number of ether oxygens (including phenoxy) is 1. The molecule has 0 unspecified atom stereocenters. The predicted octanol–water partition coefficient (Wildman–Crippen LogP) is 2.99. The average molecular weight is 450 g/mol. The number of allylic oxidation sites excluding steroid dienone is 4. The topological polar surface area (TPSA) is 107 Å². The summed E-state index contributed by atoms with van der Waals surface area (Å²) >= 11 is 0. The van der Waals surface area contributed by atoms with Crippen molar-refractivity contribution in [1.82, 2.24) is 15.6 Å². The Bertz CT molecular complexity index is 979. The molecule has 1 saturated carbocycles. The van der Waals surface area contributed by atoms with Crippen LogP contribution in [0.1, 0.15) is 36.9 Å². The molecule has 1 aromatic heterocycles. The van der Waals surface area contributed by atoms with Gasteiger partial charge in [-0.15, -0.1) is 0 Å². The lowest BCUT2D eigenvalue weighted by molar-refractivity contribution is -0.142. The second kappa shape index (κ2) is 9.56. The predicted molar refractivity (Wildman–Crippen MR) is 111 cm³/mol. The van der Waals surface area contributed by atoms with Gasteiger partial charge >= 0.3 is 6.18 Å². The molecule has 32 heavy (non-hydrogen) atoms. The first-order chi connectivity index (χ1) is 15.2. The number of carbonyl (C=O) groups excluding carboxylic acids is 1. The third-order valence-electron chi connectivity index (χ3n) is 5.57. The van der Waals surface area contributed by atoms with Crippen LogP contribution in [0, 0.1) is 5.41 Å². The summed E-state index contributed by atoms with van der Waals surface area (Å²) < 4.78 is 45.0. The number of hydrogen-bond donors (Lipinski definition) is 4. The smallest absolute Gasteiger partial charge is 0.433 e. The average Bonchev–Trinajstić information content (AvgIpc) is 2.72. The first-order valence-corrected chi connectivity index (χ1v) is 10.2. The number of aliphatic hydroxyl groups is 1. The van der Waals surface area contributed by atoms with E-state index >= 15 is 0 Å². The highest BCUT2D eigenvalue weighted by molar-refractivity contribution is 6.14. The van der Waals surface area contributed by atoms with Gasteiger partial charge in [-0.2, -0.15) is 13.2 Å². The number of carbonyl (C=O) groups is 1. The minimum absolute atomic E-state index is 0.0452. The highest BCUT2D eigenvalue weighted by Crippen LogP contribution is 2.35. The molecule has 1 aromatic rings. The summed E-state index contributed by atoms with van der Waals surface area (Å²) in [7, 11) is 1.55. The van der Waals surface area contributed by atoms with E-state index in [1.807, 2.05) is 0 Å². The number of aromatic nitrogens is 1. The molecule has 0 aliphatic heterocycles. The molecule has 172 valence electrons. The van der Waals surface area contributed by atoms with Crippen LogP contribution in [0.25, 0.3) is 0 Å². The summed E-state index contributed by atoms with van der Waals surface area (Å²) in [5, 5.41) is 23.2. The van der Waals surface area contributed by atoms with E-state index in [2.05, 4.69) is 15.6 Å². The van der Waals surface area contributed by atoms with Gasteiger partial charge in [0, 0.05) is 36.5 Å². The van der Waals surface area contributed by atoms with Crippen molar-refractivity contribution < 1.29 is 27.8 Å². The van der Waals surface area contributed by atoms with Gasteiger partial charge in [-0.1, -0.05) is 6.07 Å². The zero-order valence-corrected chi connectivity index (χ0v) is 17.6. The lowest BCUT2D eigenvalue weighted by Crippen LogP contribution is -2.55. The molecule has 4 N–H and O–H groups in total.